The zero-order valence-electron chi connectivity index (χ0n) is 10.5. The molecular weight excluding hydrogens is 240 g/mol. The van der Waals surface area contributed by atoms with Crippen LogP contribution in [0.5, 0.6) is 0 Å². The van der Waals surface area contributed by atoms with Crippen molar-refractivity contribution < 1.29 is 9.21 Å². The Bertz CT molecular complexity index is 377. The molecule has 0 aromatic carbocycles. The van der Waals surface area contributed by atoms with E-state index in [1.165, 1.54) is 0 Å². The maximum absolute atomic E-state index is 11.8. The first kappa shape index (κ1) is 14.0. The van der Waals surface area contributed by atoms with E-state index in [0.29, 0.717) is 35.7 Å². The molecule has 0 spiro atoms. The number of hydrogen-bond donors (Lipinski definition) is 1. The number of aryl methyl sites for hydroxylation is 2. The number of carbonyl (C=O) groups excluding carboxylic acids is 1. The second-order valence-electron chi connectivity index (χ2n) is 4.11. The zero-order valence-corrected chi connectivity index (χ0v) is 11.3. The molecule has 0 saturated heterocycles. The van der Waals surface area contributed by atoms with Crippen LogP contribution in [0.3, 0.4) is 0 Å². The fraction of sp³-hybridized carbons (Fsp3) is 0.667. The predicted molar refractivity (Wildman–Crippen MR) is 67.4 cm³/mol. The van der Waals surface area contributed by atoms with Crippen molar-refractivity contribution in [1.29, 1.82) is 0 Å². The van der Waals surface area contributed by atoms with Gasteiger partial charge in [0.2, 0.25) is 5.76 Å². The Kier molecular flexibility index (Phi) is 5.48. The van der Waals surface area contributed by atoms with Crippen LogP contribution < -0.4 is 5.32 Å². The number of aromatic nitrogens is 1. The van der Waals surface area contributed by atoms with E-state index in [9.17, 15) is 4.79 Å². The number of nitrogens with zero attached hydrogens (tertiary/aromatic N) is 1. The Morgan fingerprint density at radius 1 is 1.53 bits per heavy atom. The molecule has 96 valence electrons. The molecule has 1 atom stereocenters. The minimum absolute atomic E-state index is 0.198. The second kappa shape index (κ2) is 6.64. The van der Waals surface area contributed by atoms with E-state index in [4.69, 9.17) is 16.0 Å². The van der Waals surface area contributed by atoms with Gasteiger partial charge in [-0.15, -0.1) is 11.6 Å². The summed E-state index contributed by atoms with van der Waals surface area (Å²) in [6.07, 6.45) is 1.91. The van der Waals surface area contributed by atoms with Gasteiger partial charge in [-0.2, -0.15) is 0 Å². The maximum Gasteiger partial charge on any atom is 0.289 e. The van der Waals surface area contributed by atoms with Crippen LogP contribution >= 0.6 is 11.6 Å². The van der Waals surface area contributed by atoms with E-state index in [2.05, 4.69) is 17.2 Å². The van der Waals surface area contributed by atoms with Gasteiger partial charge in [0, 0.05) is 19.3 Å². The van der Waals surface area contributed by atoms with Crippen molar-refractivity contribution in [2.45, 2.75) is 33.6 Å². The van der Waals surface area contributed by atoms with Gasteiger partial charge in [-0.05, 0) is 19.3 Å². The van der Waals surface area contributed by atoms with Crippen LogP contribution in [0.2, 0.25) is 0 Å². The van der Waals surface area contributed by atoms with E-state index in [1.807, 2.05) is 0 Å². The van der Waals surface area contributed by atoms with Crippen molar-refractivity contribution in [3.63, 3.8) is 0 Å². The molecule has 1 rings (SSSR count). The molecule has 4 nitrogen and oxygen atoms in total. The van der Waals surface area contributed by atoms with Gasteiger partial charge >= 0.3 is 0 Å². The van der Waals surface area contributed by atoms with Crippen LogP contribution in [-0.4, -0.2) is 23.3 Å². The largest absolute Gasteiger partial charge is 0.436 e. The van der Waals surface area contributed by atoms with E-state index >= 15 is 0 Å². The highest BCUT2D eigenvalue weighted by molar-refractivity contribution is 6.17. The standard InChI is InChI=1S/C12H19ClN2O2/c1-4-10(5-6-13)7-14-12(16)11-8(2)15-9(3)17-11/h10H,4-7H2,1-3H3,(H,14,16). The van der Waals surface area contributed by atoms with Gasteiger partial charge in [0.1, 0.15) is 0 Å². The molecule has 1 aromatic heterocycles. The summed E-state index contributed by atoms with van der Waals surface area (Å²) in [6, 6.07) is 0. The minimum atomic E-state index is -0.198. The average Bonchev–Trinajstić information content (AvgIpc) is 2.63. The topological polar surface area (TPSA) is 55.1 Å². The Morgan fingerprint density at radius 3 is 2.71 bits per heavy atom. The van der Waals surface area contributed by atoms with E-state index in [0.717, 1.165) is 12.8 Å². The molecule has 0 aliphatic carbocycles. The Hall–Kier alpha value is -1.03. The number of rotatable bonds is 6. The fourth-order valence-electron chi connectivity index (χ4n) is 1.66. The molecule has 0 fully saturated rings. The third kappa shape index (κ3) is 4.04. The number of alkyl halides is 1. The summed E-state index contributed by atoms with van der Waals surface area (Å²) in [5, 5.41) is 2.86. The highest BCUT2D eigenvalue weighted by Crippen LogP contribution is 2.11. The van der Waals surface area contributed by atoms with Crippen molar-refractivity contribution in [2.75, 3.05) is 12.4 Å². The molecule has 0 bridgehead atoms. The lowest BCUT2D eigenvalue weighted by molar-refractivity contribution is 0.0916. The normalized spacial score (nSPS) is 12.5. The van der Waals surface area contributed by atoms with Crippen LogP contribution in [0.15, 0.2) is 4.42 Å². The van der Waals surface area contributed by atoms with Crippen molar-refractivity contribution in [2.24, 2.45) is 5.92 Å². The number of oxazole rings is 1. The van der Waals surface area contributed by atoms with Gasteiger partial charge in [0.05, 0.1) is 5.69 Å². The van der Waals surface area contributed by atoms with Crippen molar-refractivity contribution in [1.82, 2.24) is 10.3 Å². The molecule has 0 radical (unpaired) electrons. The van der Waals surface area contributed by atoms with E-state index < -0.39 is 0 Å². The van der Waals surface area contributed by atoms with Gasteiger partial charge in [-0.25, -0.2) is 4.98 Å². The Balaban J connectivity index is 2.52. The fourth-order valence-corrected chi connectivity index (χ4v) is 1.97. The zero-order chi connectivity index (χ0) is 12.8. The molecular formula is C12H19ClN2O2. The molecule has 0 aliphatic rings. The van der Waals surface area contributed by atoms with Gasteiger partial charge in [-0.1, -0.05) is 13.3 Å². The van der Waals surface area contributed by atoms with E-state index in [1.54, 1.807) is 13.8 Å². The molecule has 1 heterocycles. The summed E-state index contributed by atoms with van der Waals surface area (Å²) in [7, 11) is 0. The van der Waals surface area contributed by atoms with Gasteiger partial charge in [0.25, 0.3) is 5.91 Å². The Morgan fingerprint density at radius 2 is 2.24 bits per heavy atom. The van der Waals surface area contributed by atoms with E-state index in [-0.39, 0.29) is 5.91 Å². The van der Waals surface area contributed by atoms with Crippen molar-refractivity contribution in [3.05, 3.63) is 17.3 Å². The summed E-state index contributed by atoms with van der Waals surface area (Å²) in [4.78, 5) is 15.9. The summed E-state index contributed by atoms with van der Waals surface area (Å²) >= 11 is 5.69. The van der Waals surface area contributed by atoms with Crippen LogP contribution in [0.4, 0.5) is 0 Å². The van der Waals surface area contributed by atoms with Crippen LogP contribution in [-0.2, 0) is 0 Å². The van der Waals surface area contributed by atoms with Gasteiger partial charge in [0.15, 0.2) is 5.89 Å². The number of hydrogen-bond acceptors (Lipinski definition) is 3. The van der Waals surface area contributed by atoms with Gasteiger partial charge < -0.3 is 9.73 Å². The number of nitrogens with one attached hydrogen (secondary N) is 1. The monoisotopic (exact) mass is 258 g/mol. The van der Waals surface area contributed by atoms with Crippen LogP contribution in [0.1, 0.15) is 41.9 Å². The molecule has 0 aliphatic heterocycles. The first-order chi connectivity index (χ1) is 8.08. The first-order valence-corrected chi connectivity index (χ1v) is 6.40. The number of amides is 1. The van der Waals surface area contributed by atoms with Crippen LogP contribution in [0, 0.1) is 19.8 Å². The van der Waals surface area contributed by atoms with Gasteiger partial charge in [-0.3, -0.25) is 4.79 Å². The quantitative estimate of drug-likeness (QED) is 0.798. The maximum atomic E-state index is 11.8. The third-order valence-corrected chi connectivity index (χ3v) is 2.97. The summed E-state index contributed by atoms with van der Waals surface area (Å²) < 4.78 is 5.25. The molecule has 1 amide bonds. The SMILES string of the molecule is CCC(CCCl)CNC(=O)c1oc(C)nc1C. The first-order valence-electron chi connectivity index (χ1n) is 5.86. The second-order valence-corrected chi connectivity index (χ2v) is 4.49. The Labute approximate surface area is 107 Å². The molecule has 1 aromatic rings. The lowest BCUT2D eigenvalue weighted by Crippen LogP contribution is -2.29. The summed E-state index contributed by atoms with van der Waals surface area (Å²) in [5.41, 5.74) is 0.630. The minimum Gasteiger partial charge on any atom is -0.436 e. The van der Waals surface area contributed by atoms with Crippen molar-refractivity contribution >= 4 is 17.5 Å². The summed E-state index contributed by atoms with van der Waals surface area (Å²) in [5.74, 6) is 1.66. The summed E-state index contributed by atoms with van der Waals surface area (Å²) in [6.45, 7) is 6.21. The number of carbonyl (C=O) groups is 1. The molecule has 1 N–H and O–H groups in total. The highest BCUT2D eigenvalue weighted by Gasteiger charge is 2.16. The van der Waals surface area contributed by atoms with Crippen molar-refractivity contribution in [3.8, 4) is 0 Å². The lowest BCUT2D eigenvalue weighted by atomic mass is 10.0. The molecule has 5 heteroatoms. The molecule has 17 heavy (non-hydrogen) atoms. The molecule has 0 saturated carbocycles. The average molecular weight is 259 g/mol. The smallest absolute Gasteiger partial charge is 0.289 e. The number of halogens is 1. The lowest BCUT2D eigenvalue weighted by Gasteiger charge is -2.13. The predicted octanol–water partition coefficient (Wildman–Crippen LogP) is 2.68. The van der Waals surface area contributed by atoms with Crippen LogP contribution in [0.25, 0.3) is 0 Å². The molecule has 1 unspecified atom stereocenters. The third-order valence-electron chi connectivity index (χ3n) is 2.76. The highest BCUT2D eigenvalue weighted by atomic mass is 35.5.